The number of hydrogen-bond donors (Lipinski definition) is 1. The van der Waals surface area contributed by atoms with Gasteiger partial charge in [0.05, 0.1) is 11.6 Å². The smallest absolute Gasteiger partial charge is 0.331 e. The van der Waals surface area contributed by atoms with E-state index in [0.29, 0.717) is 17.2 Å². The predicted octanol–water partition coefficient (Wildman–Crippen LogP) is 4.27. The Morgan fingerprint density at radius 3 is 2.22 bits per heavy atom. The first-order valence-electron chi connectivity index (χ1n) is 8.68. The molecule has 2 aromatic carbocycles. The third kappa shape index (κ3) is 6.12. The molecule has 0 spiro atoms. The molecule has 1 atom stereocenters. The summed E-state index contributed by atoms with van der Waals surface area (Å²) in [6, 6.07) is 16.3. The maximum absolute atomic E-state index is 12.2. The molecule has 0 fully saturated rings. The van der Waals surface area contributed by atoms with Crippen LogP contribution in [0.1, 0.15) is 43.4 Å². The number of nitrogens with one attached hydrogen (secondary N) is 1. The normalized spacial score (nSPS) is 11.8. The number of ether oxygens (including phenoxy) is 1. The third-order valence-electron chi connectivity index (χ3n) is 3.96. The Labute approximate surface area is 159 Å². The number of carbonyl (C=O) groups excluding carboxylic acids is 2. The number of anilines is 1. The Hall–Kier alpha value is -3.39. The lowest BCUT2D eigenvalue weighted by atomic mass is 10.0. The summed E-state index contributed by atoms with van der Waals surface area (Å²) in [6.07, 6.45) is 1.90. The van der Waals surface area contributed by atoms with E-state index in [1.807, 2.05) is 30.3 Å². The van der Waals surface area contributed by atoms with Gasteiger partial charge in [0.15, 0.2) is 6.10 Å². The van der Waals surface area contributed by atoms with Gasteiger partial charge in [0.1, 0.15) is 0 Å². The molecule has 27 heavy (non-hydrogen) atoms. The van der Waals surface area contributed by atoms with E-state index in [2.05, 4.69) is 19.2 Å². The van der Waals surface area contributed by atoms with Crippen molar-refractivity contribution in [1.82, 2.24) is 0 Å². The number of amides is 1. The van der Waals surface area contributed by atoms with E-state index in [-0.39, 0.29) is 0 Å². The number of nitrogens with zero attached hydrogens (tertiary/aromatic N) is 1. The average molecular weight is 362 g/mol. The van der Waals surface area contributed by atoms with Crippen LogP contribution in [0.25, 0.3) is 6.08 Å². The Morgan fingerprint density at radius 2 is 1.67 bits per heavy atom. The zero-order valence-corrected chi connectivity index (χ0v) is 15.6. The fourth-order valence-corrected chi connectivity index (χ4v) is 2.30. The fourth-order valence-electron chi connectivity index (χ4n) is 2.30. The van der Waals surface area contributed by atoms with E-state index in [9.17, 15) is 9.59 Å². The summed E-state index contributed by atoms with van der Waals surface area (Å²) in [5.41, 5.74) is 3.13. The second kappa shape index (κ2) is 9.35. The largest absolute Gasteiger partial charge is 0.449 e. The van der Waals surface area contributed by atoms with Gasteiger partial charge in [-0.05, 0) is 54.3 Å². The van der Waals surface area contributed by atoms with Gasteiger partial charge in [0.2, 0.25) is 0 Å². The highest BCUT2D eigenvalue weighted by atomic mass is 16.5. The molecular formula is C22H22N2O3. The average Bonchev–Trinajstić information content (AvgIpc) is 2.67. The predicted molar refractivity (Wildman–Crippen MR) is 105 cm³/mol. The maximum atomic E-state index is 12.2. The van der Waals surface area contributed by atoms with Gasteiger partial charge in [-0.3, -0.25) is 4.79 Å². The number of hydrogen-bond acceptors (Lipinski definition) is 4. The van der Waals surface area contributed by atoms with Crippen molar-refractivity contribution in [3.05, 3.63) is 71.3 Å². The maximum Gasteiger partial charge on any atom is 0.331 e. The van der Waals surface area contributed by atoms with E-state index in [4.69, 9.17) is 10.00 Å². The molecular weight excluding hydrogens is 340 g/mol. The molecule has 0 bridgehead atoms. The van der Waals surface area contributed by atoms with E-state index < -0.39 is 18.0 Å². The summed E-state index contributed by atoms with van der Waals surface area (Å²) in [5, 5.41) is 11.5. The highest BCUT2D eigenvalue weighted by Crippen LogP contribution is 2.17. The second-order valence-corrected chi connectivity index (χ2v) is 6.41. The number of rotatable bonds is 6. The zero-order valence-electron chi connectivity index (χ0n) is 15.6. The van der Waals surface area contributed by atoms with Crippen molar-refractivity contribution in [2.75, 3.05) is 5.32 Å². The minimum absolute atomic E-state index is 0.396. The minimum Gasteiger partial charge on any atom is -0.449 e. The van der Waals surface area contributed by atoms with Crippen LogP contribution in [-0.4, -0.2) is 18.0 Å². The lowest BCUT2D eigenvalue weighted by Crippen LogP contribution is -2.29. The first-order chi connectivity index (χ1) is 12.9. The molecule has 0 heterocycles. The Morgan fingerprint density at radius 1 is 1.04 bits per heavy atom. The van der Waals surface area contributed by atoms with Crippen molar-refractivity contribution < 1.29 is 14.3 Å². The van der Waals surface area contributed by atoms with Gasteiger partial charge in [-0.25, -0.2) is 4.79 Å². The van der Waals surface area contributed by atoms with E-state index in [1.54, 1.807) is 30.3 Å². The van der Waals surface area contributed by atoms with Crippen molar-refractivity contribution in [3.63, 3.8) is 0 Å². The number of nitriles is 1. The molecule has 5 nitrogen and oxygen atoms in total. The quantitative estimate of drug-likeness (QED) is 0.615. The summed E-state index contributed by atoms with van der Waals surface area (Å²) in [7, 11) is 0. The zero-order chi connectivity index (χ0) is 19.8. The van der Waals surface area contributed by atoms with Crippen LogP contribution in [0, 0.1) is 11.3 Å². The molecule has 0 aliphatic heterocycles. The van der Waals surface area contributed by atoms with Crippen molar-refractivity contribution in [2.24, 2.45) is 0 Å². The van der Waals surface area contributed by atoms with Gasteiger partial charge in [0.25, 0.3) is 5.91 Å². The number of carbonyl (C=O) groups is 2. The summed E-state index contributed by atoms with van der Waals surface area (Å²) in [6.45, 7) is 5.71. The van der Waals surface area contributed by atoms with Crippen LogP contribution in [0.5, 0.6) is 0 Å². The molecule has 2 rings (SSSR count). The molecule has 0 unspecified atom stereocenters. The highest BCUT2D eigenvalue weighted by molar-refractivity contribution is 5.96. The molecule has 138 valence electrons. The summed E-state index contributed by atoms with van der Waals surface area (Å²) < 4.78 is 5.12. The number of benzene rings is 2. The van der Waals surface area contributed by atoms with Crippen LogP contribution in [0.4, 0.5) is 5.69 Å². The second-order valence-electron chi connectivity index (χ2n) is 6.41. The van der Waals surface area contributed by atoms with Crippen LogP contribution >= 0.6 is 0 Å². The lowest BCUT2D eigenvalue weighted by molar-refractivity contribution is -0.148. The summed E-state index contributed by atoms with van der Waals surface area (Å²) >= 11 is 0. The Bertz CT molecular complexity index is 860. The van der Waals surface area contributed by atoms with Crippen LogP contribution in [0.2, 0.25) is 0 Å². The van der Waals surface area contributed by atoms with E-state index >= 15 is 0 Å². The SMILES string of the molecule is CC(C)c1ccc(NC(=O)[C@H](C)OC(=O)/C=C/c2ccc(C#N)cc2)cc1. The lowest BCUT2D eigenvalue weighted by Gasteiger charge is -2.13. The Balaban J connectivity index is 1.88. The van der Waals surface area contributed by atoms with Gasteiger partial charge < -0.3 is 10.1 Å². The standard InChI is InChI=1S/C22H22N2O3/c1-15(2)19-9-11-20(12-10-19)24-22(26)16(3)27-21(25)13-8-17-4-6-18(14-23)7-5-17/h4-13,15-16H,1-3H3,(H,24,26)/b13-8+/t16-/m0/s1. The Kier molecular flexibility index (Phi) is 6.90. The van der Waals surface area contributed by atoms with Crippen LogP contribution < -0.4 is 5.32 Å². The third-order valence-corrected chi connectivity index (χ3v) is 3.96. The van der Waals surface area contributed by atoms with Crippen LogP contribution in [-0.2, 0) is 14.3 Å². The number of esters is 1. The monoisotopic (exact) mass is 362 g/mol. The van der Waals surface area contributed by atoms with Crippen LogP contribution in [0.15, 0.2) is 54.6 Å². The van der Waals surface area contributed by atoms with Gasteiger partial charge in [-0.1, -0.05) is 38.1 Å². The molecule has 1 N–H and O–H groups in total. The van der Waals surface area contributed by atoms with Crippen molar-refractivity contribution in [3.8, 4) is 6.07 Å². The molecule has 0 aliphatic rings. The highest BCUT2D eigenvalue weighted by Gasteiger charge is 2.16. The molecule has 0 saturated carbocycles. The van der Waals surface area contributed by atoms with E-state index in [0.717, 1.165) is 5.56 Å². The molecule has 0 saturated heterocycles. The first-order valence-corrected chi connectivity index (χ1v) is 8.68. The summed E-state index contributed by atoms with van der Waals surface area (Å²) in [5.74, 6) is -0.595. The topological polar surface area (TPSA) is 79.2 Å². The molecule has 0 aliphatic carbocycles. The molecule has 0 aromatic heterocycles. The first kappa shape index (κ1) is 19.9. The van der Waals surface area contributed by atoms with Gasteiger partial charge in [0, 0.05) is 11.8 Å². The van der Waals surface area contributed by atoms with E-state index in [1.165, 1.54) is 18.6 Å². The van der Waals surface area contributed by atoms with Crippen molar-refractivity contribution in [1.29, 1.82) is 5.26 Å². The molecule has 5 heteroatoms. The molecule has 0 radical (unpaired) electrons. The molecule has 2 aromatic rings. The molecule has 1 amide bonds. The minimum atomic E-state index is -0.923. The van der Waals surface area contributed by atoms with Gasteiger partial charge in [-0.15, -0.1) is 0 Å². The van der Waals surface area contributed by atoms with Crippen molar-refractivity contribution >= 4 is 23.6 Å². The van der Waals surface area contributed by atoms with Gasteiger partial charge >= 0.3 is 5.97 Å². The van der Waals surface area contributed by atoms with Crippen LogP contribution in [0.3, 0.4) is 0 Å². The van der Waals surface area contributed by atoms with Crippen molar-refractivity contribution in [2.45, 2.75) is 32.8 Å². The fraction of sp³-hybridized carbons (Fsp3) is 0.227. The summed E-state index contributed by atoms with van der Waals surface area (Å²) in [4.78, 5) is 24.1. The van der Waals surface area contributed by atoms with Gasteiger partial charge in [-0.2, -0.15) is 5.26 Å².